The number of nitrogen functional groups attached to an aromatic ring is 1. The van der Waals surface area contributed by atoms with Crippen molar-refractivity contribution in [2.75, 3.05) is 5.73 Å². The molecule has 0 saturated heterocycles. The fourth-order valence-corrected chi connectivity index (χ4v) is 1.05. The van der Waals surface area contributed by atoms with Crippen LogP contribution in [0.3, 0.4) is 0 Å². The van der Waals surface area contributed by atoms with Crippen LogP contribution >= 0.6 is 0 Å². The molecule has 0 aliphatic carbocycles. The number of halogens is 1. The summed E-state index contributed by atoms with van der Waals surface area (Å²) in [6, 6.07) is 4.46. The molecule has 0 aliphatic rings. The van der Waals surface area contributed by atoms with Gasteiger partial charge in [-0.1, -0.05) is 13.8 Å². The molecule has 0 bridgehead atoms. The minimum Gasteiger partial charge on any atom is -0.398 e. The van der Waals surface area contributed by atoms with Crippen molar-refractivity contribution in [1.82, 2.24) is 0 Å². The topological polar surface area (TPSA) is 26.0 Å². The number of nitrogens with two attached hydrogens (primary N) is 1. The summed E-state index contributed by atoms with van der Waals surface area (Å²) in [4.78, 5) is 0. The third-order valence-electron chi connectivity index (χ3n) is 1.67. The second-order valence-electron chi connectivity index (χ2n) is 2.93. The maximum absolute atomic E-state index is 12.7. The predicted molar refractivity (Wildman–Crippen MR) is 44.9 cm³/mol. The van der Waals surface area contributed by atoms with Gasteiger partial charge in [-0.15, -0.1) is 0 Å². The van der Waals surface area contributed by atoms with Gasteiger partial charge in [-0.3, -0.25) is 0 Å². The van der Waals surface area contributed by atoms with E-state index in [9.17, 15) is 4.39 Å². The summed E-state index contributed by atoms with van der Waals surface area (Å²) in [5.74, 6) is 0.0635. The average Bonchev–Trinajstić information content (AvgIpc) is 1.94. The largest absolute Gasteiger partial charge is 0.398 e. The average molecular weight is 153 g/mol. The number of hydrogen-bond acceptors (Lipinski definition) is 1. The molecule has 60 valence electrons. The molecule has 0 unspecified atom stereocenters. The Kier molecular flexibility index (Phi) is 2.13. The van der Waals surface area contributed by atoms with Gasteiger partial charge in [0, 0.05) is 5.69 Å². The fraction of sp³-hybridized carbons (Fsp3) is 0.333. The number of hydrogen-bond donors (Lipinski definition) is 1. The molecule has 2 heteroatoms. The number of anilines is 1. The molecular weight excluding hydrogens is 141 g/mol. The van der Waals surface area contributed by atoms with Gasteiger partial charge in [0.15, 0.2) is 0 Å². The monoisotopic (exact) mass is 153 g/mol. The first-order chi connectivity index (χ1) is 5.11. The predicted octanol–water partition coefficient (Wildman–Crippen LogP) is 2.53. The normalized spacial score (nSPS) is 10.5. The Morgan fingerprint density at radius 3 is 2.45 bits per heavy atom. The van der Waals surface area contributed by atoms with E-state index in [1.807, 2.05) is 13.8 Å². The van der Waals surface area contributed by atoms with E-state index in [0.29, 0.717) is 5.69 Å². The maximum atomic E-state index is 12.7. The highest BCUT2D eigenvalue weighted by atomic mass is 19.1. The lowest BCUT2D eigenvalue weighted by molar-refractivity contribution is 0.624. The number of benzene rings is 1. The van der Waals surface area contributed by atoms with Crippen molar-refractivity contribution >= 4 is 5.69 Å². The van der Waals surface area contributed by atoms with E-state index in [-0.39, 0.29) is 11.7 Å². The zero-order valence-electron chi connectivity index (χ0n) is 6.76. The van der Waals surface area contributed by atoms with Crippen molar-refractivity contribution in [3.05, 3.63) is 29.6 Å². The summed E-state index contributed by atoms with van der Waals surface area (Å²) >= 11 is 0. The summed E-state index contributed by atoms with van der Waals surface area (Å²) in [7, 11) is 0. The summed E-state index contributed by atoms with van der Waals surface area (Å²) in [6.07, 6.45) is 0. The molecule has 0 aliphatic heterocycles. The molecule has 0 radical (unpaired) electrons. The first kappa shape index (κ1) is 8.05. The van der Waals surface area contributed by atoms with Crippen molar-refractivity contribution in [3.8, 4) is 0 Å². The third-order valence-corrected chi connectivity index (χ3v) is 1.67. The van der Waals surface area contributed by atoms with Crippen molar-refractivity contribution < 1.29 is 4.39 Å². The lowest BCUT2D eigenvalue weighted by Gasteiger charge is -2.08. The minimum absolute atomic E-state index is 0.220. The van der Waals surface area contributed by atoms with E-state index < -0.39 is 0 Å². The van der Waals surface area contributed by atoms with E-state index >= 15 is 0 Å². The van der Waals surface area contributed by atoms with E-state index in [1.54, 1.807) is 6.07 Å². The van der Waals surface area contributed by atoms with Crippen LogP contribution in [0, 0.1) is 5.82 Å². The van der Waals surface area contributed by atoms with Crippen LogP contribution in [0.15, 0.2) is 18.2 Å². The van der Waals surface area contributed by atoms with E-state index in [4.69, 9.17) is 5.73 Å². The quantitative estimate of drug-likeness (QED) is 0.616. The summed E-state index contributed by atoms with van der Waals surface area (Å²) in [5, 5.41) is 0. The van der Waals surface area contributed by atoms with Gasteiger partial charge >= 0.3 is 0 Å². The maximum Gasteiger partial charge on any atom is 0.123 e. The molecule has 1 rings (SSSR count). The Morgan fingerprint density at radius 1 is 1.36 bits per heavy atom. The summed E-state index contributed by atoms with van der Waals surface area (Å²) in [6.45, 7) is 3.98. The Labute approximate surface area is 66.0 Å². The van der Waals surface area contributed by atoms with Gasteiger partial charge in [0.25, 0.3) is 0 Å². The van der Waals surface area contributed by atoms with Crippen LogP contribution in [0.5, 0.6) is 0 Å². The zero-order chi connectivity index (χ0) is 8.43. The van der Waals surface area contributed by atoms with E-state index in [2.05, 4.69) is 0 Å². The van der Waals surface area contributed by atoms with Gasteiger partial charge in [0.05, 0.1) is 0 Å². The fourth-order valence-electron chi connectivity index (χ4n) is 1.05. The Morgan fingerprint density at radius 2 is 2.00 bits per heavy atom. The standard InChI is InChI=1S/C9H12FN/c1-6(2)8-5-7(10)3-4-9(8)11/h3-6H,11H2,1-2H3. The molecule has 0 heterocycles. The molecule has 1 aromatic rings. The van der Waals surface area contributed by atoms with E-state index in [1.165, 1.54) is 12.1 Å². The van der Waals surface area contributed by atoms with Gasteiger partial charge in [-0.25, -0.2) is 4.39 Å². The Hall–Kier alpha value is -1.05. The van der Waals surface area contributed by atoms with Crippen LogP contribution in [0.1, 0.15) is 25.3 Å². The van der Waals surface area contributed by atoms with E-state index in [0.717, 1.165) is 5.56 Å². The molecular formula is C9H12FN. The number of rotatable bonds is 1. The summed E-state index contributed by atoms with van der Waals surface area (Å²) in [5.41, 5.74) is 7.17. The lowest BCUT2D eigenvalue weighted by Crippen LogP contribution is -1.96. The third kappa shape index (κ3) is 1.70. The SMILES string of the molecule is CC(C)c1cc(F)ccc1N. The van der Waals surface area contributed by atoms with Crippen LogP contribution in [0.25, 0.3) is 0 Å². The second-order valence-corrected chi connectivity index (χ2v) is 2.93. The highest BCUT2D eigenvalue weighted by Crippen LogP contribution is 2.21. The van der Waals surface area contributed by atoms with Crippen LogP contribution in [-0.2, 0) is 0 Å². The van der Waals surface area contributed by atoms with Gasteiger partial charge in [-0.2, -0.15) is 0 Å². The van der Waals surface area contributed by atoms with Gasteiger partial charge in [-0.05, 0) is 29.7 Å². The van der Waals surface area contributed by atoms with Crippen LogP contribution < -0.4 is 5.73 Å². The van der Waals surface area contributed by atoms with Crippen molar-refractivity contribution in [2.24, 2.45) is 0 Å². The smallest absolute Gasteiger partial charge is 0.123 e. The van der Waals surface area contributed by atoms with Crippen LogP contribution in [0.4, 0.5) is 10.1 Å². The molecule has 0 saturated carbocycles. The van der Waals surface area contributed by atoms with Crippen molar-refractivity contribution in [1.29, 1.82) is 0 Å². The molecule has 2 N–H and O–H groups in total. The Balaban J connectivity index is 3.13. The summed E-state index contributed by atoms with van der Waals surface area (Å²) < 4.78 is 12.7. The first-order valence-corrected chi connectivity index (χ1v) is 3.66. The molecule has 0 fully saturated rings. The van der Waals surface area contributed by atoms with Crippen LogP contribution in [0.2, 0.25) is 0 Å². The minimum atomic E-state index is -0.220. The molecule has 1 nitrogen and oxygen atoms in total. The molecule has 1 aromatic carbocycles. The Bertz CT molecular complexity index is 256. The van der Waals surface area contributed by atoms with Gasteiger partial charge < -0.3 is 5.73 Å². The van der Waals surface area contributed by atoms with Crippen LogP contribution in [-0.4, -0.2) is 0 Å². The van der Waals surface area contributed by atoms with Gasteiger partial charge in [0.2, 0.25) is 0 Å². The van der Waals surface area contributed by atoms with Gasteiger partial charge in [0.1, 0.15) is 5.82 Å². The lowest BCUT2D eigenvalue weighted by atomic mass is 10.0. The highest BCUT2D eigenvalue weighted by molar-refractivity contribution is 5.48. The van der Waals surface area contributed by atoms with Crippen molar-refractivity contribution in [3.63, 3.8) is 0 Å². The molecule has 0 atom stereocenters. The van der Waals surface area contributed by atoms with Crippen molar-refractivity contribution in [2.45, 2.75) is 19.8 Å². The molecule has 11 heavy (non-hydrogen) atoms. The molecule has 0 spiro atoms. The molecule has 0 aromatic heterocycles. The first-order valence-electron chi connectivity index (χ1n) is 3.66. The zero-order valence-corrected chi connectivity index (χ0v) is 6.76. The molecule has 0 amide bonds. The highest BCUT2D eigenvalue weighted by Gasteiger charge is 2.04. The second kappa shape index (κ2) is 2.91.